The maximum absolute atomic E-state index is 5.81. The first-order valence-electron chi connectivity index (χ1n) is 4.58. The minimum absolute atomic E-state index is 0.487. The van der Waals surface area contributed by atoms with E-state index in [1.807, 2.05) is 19.2 Å². The summed E-state index contributed by atoms with van der Waals surface area (Å²) in [6.07, 6.45) is 0. The topological polar surface area (TPSA) is 12.0 Å². The third kappa shape index (κ3) is 2.71. The summed E-state index contributed by atoms with van der Waals surface area (Å²) in [5.74, 6) is 0.516. The Morgan fingerprint density at radius 3 is 2.15 bits per heavy atom. The summed E-state index contributed by atoms with van der Waals surface area (Å²) in [5.41, 5.74) is 1.33. The van der Waals surface area contributed by atoms with Gasteiger partial charge in [0.1, 0.15) is 0 Å². The zero-order valence-electron chi connectivity index (χ0n) is 8.34. The Labute approximate surface area is 85.1 Å². The van der Waals surface area contributed by atoms with E-state index in [-0.39, 0.29) is 0 Å². The lowest BCUT2D eigenvalue weighted by molar-refractivity contribution is 0.524. The molecule has 72 valence electrons. The van der Waals surface area contributed by atoms with Crippen molar-refractivity contribution in [2.75, 3.05) is 7.05 Å². The van der Waals surface area contributed by atoms with Gasteiger partial charge in [-0.05, 0) is 37.6 Å². The van der Waals surface area contributed by atoms with Gasteiger partial charge in [0, 0.05) is 11.1 Å². The molecule has 2 heteroatoms. The minimum Gasteiger partial charge on any atom is -0.317 e. The molecule has 0 aromatic heterocycles. The summed E-state index contributed by atoms with van der Waals surface area (Å²) >= 11 is 5.81. The lowest BCUT2D eigenvalue weighted by Crippen LogP contribution is -2.27. The van der Waals surface area contributed by atoms with E-state index in [2.05, 4.69) is 31.3 Å². The van der Waals surface area contributed by atoms with Crippen LogP contribution >= 0.6 is 11.6 Å². The average molecular weight is 198 g/mol. The number of hydrogen-bond acceptors (Lipinski definition) is 1. The van der Waals surface area contributed by atoms with Crippen LogP contribution in [0.3, 0.4) is 0 Å². The van der Waals surface area contributed by atoms with Gasteiger partial charge in [-0.25, -0.2) is 0 Å². The summed E-state index contributed by atoms with van der Waals surface area (Å²) in [6, 6.07) is 8.54. The van der Waals surface area contributed by atoms with Crippen LogP contribution in [-0.2, 0) is 0 Å². The molecule has 1 N–H and O–H groups in total. The molecule has 0 radical (unpaired) electrons. The van der Waals surface area contributed by atoms with Crippen LogP contribution in [0.2, 0.25) is 5.02 Å². The number of nitrogens with one attached hydrogen (secondary N) is 1. The lowest BCUT2D eigenvalue weighted by atomic mass is 9.95. The molecule has 1 aromatic carbocycles. The smallest absolute Gasteiger partial charge is 0.0406 e. The molecule has 13 heavy (non-hydrogen) atoms. The van der Waals surface area contributed by atoms with E-state index in [0.717, 1.165) is 5.02 Å². The molecule has 0 unspecified atom stereocenters. The molecule has 2 atom stereocenters. The third-order valence-electron chi connectivity index (χ3n) is 2.60. The number of halogens is 1. The molecule has 0 fully saturated rings. The fraction of sp³-hybridized carbons (Fsp3) is 0.455. The standard InChI is InChI=1S/C11H16ClN/c1-8(9(2)13-3)10-4-6-11(12)7-5-10/h4-9,13H,1-3H3/t8-,9+/m0/s1. The van der Waals surface area contributed by atoms with Crippen molar-refractivity contribution in [2.24, 2.45) is 0 Å². The van der Waals surface area contributed by atoms with E-state index in [1.54, 1.807) is 0 Å². The van der Waals surface area contributed by atoms with Crippen molar-refractivity contribution in [3.8, 4) is 0 Å². The Morgan fingerprint density at radius 2 is 1.69 bits per heavy atom. The van der Waals surface area contributed by atoms with E-state index in [0.29, 0.717) is 12.0 Å². The van der Waals surface area contributed by atoms with Gasteiger partial charge in [-0.2, -0.15) is 0 Å². The zero-order valence-corrected chi connectivity index (χ0v) is 9.10. The molecule has 0 aliphatic carbocycles. The molecule has 0 spiro atoms. The summed E-state index contributed by atoms with van der Waals surface area (Å²) in [4.78, 5) is 0. The molecular weight excluding hydrogens is 182 g/mol. The van der Waals surface area contributed by atoms with E-state index in [4.69, 9.17) is 11.6 Å². The number of hydrogen-bond donors (Lipinski definition) is 1. The van der Waals surface area contributed by atoms with Crippen LogP contribution in [-0.4, -0.2) is 13.1 Å². The van der Waals surface area contributed by atoms with Crippen LogP contribution in [0.1, 0.15) is 25.3 Å². The van der Waals surface area contributed by atoms with Crippen LogP contribution in [0.25, 0.3) is 0 Å². The van der Waals surface area contributed by atoms with Crippen molar-refractivity contribution < 1.29 is 0 Å². The highest BCUT2D eigenvalue weighted by atomic mass is 35.5. The zero-order chi connectivity index (χ0) is 9.84. The molecule has 0 aliphatic rings. The van der Waals surface area contributed by atoms with Crippen LogP contribution in [0.15, 0.2) is 24.3 Å². The van der Waals surface area contributed by atoms with Crippen molar-refractivity contribution in [2.45, 2.75) is 25.8 Å². The fourth-order valence-electron chi connectivity index (χ4n) is 1.31. The van der Waals surface area contributed by atoms with Gasteiger partial charge in [0.2, 0.25) is 0 Å². The summed E-state index contributed by atoms with van der Waals surface area (Å²) < 4.78 is 0. The van der Waals surface area contributed by atoms with Gasteiger partial charge in [0.15, 0.2) is 0 Å². The monoisotopic (exact) mass is 197 g/mol. The molecule has 1 aromatic rings. The average Bonchev–Trinajstić information content (AvgIpc) is 2.17. The van der Waals surface area contributed by atoms with E-state index in [1.165, 1.54) is 5.56 Å². The van der Waals surface area contributed by atoms with E-state index >= 15 is 0 Å². The normalized spacial score (nSPS) is 15.4. The Morgan fingerprint density at radius 1 is 1.15 bits per heavy atom. The largest absolute Gasteiger partial charge is 0.317 e. The molecule has 0 amide bonds. The third-order valence-corrected chi connectivity index (χ3v) is 2.85. The summed E-state index contributed by atoms with van der Waals surface area (Å²) in [5, 5.41) is 4.04. The van der Waals surface area contributed by atoms with Crippen molar-refractivity contribution in [1.82, 2.24) is 5.32 Å². The Kier molecular flexibility index (Phi) is 3.76. The molecule has 0 saturated carbocycles. The van der Waals surface area contributed by atoms with Gasteiger partial charge < -0.3 is 5.32 Å². The molecule has 1 rings (SSSR count). The second kappa shape index (κ2) is 4.64. The second-order valence-electron chi connectivity index (χ2n) is 3.42. The molecule has 1 nitrogen and oxygen atoms in total. The molecule has 0 heterocycles. The van der Waals surface area contributed by atoms with Gasteiger partial charge in [-0.15, -0.1) is 0 Å². The fourth-order valence-corrected chi connectivity index (χ4v) is 1.43. The summed E-state index contributed by atoms with van der Waals surface area (Å²) in [7, 11) is 1.98. The molecule has 0 saturated heterocycles. The van der Waals surface area contributed by atoms with Crippen LogP contribution in [0.5, 0.6) is 0 Å². The van der Waals surface area contributed by atoms with Crippen molar-refractivity contribution in [3.63, 3.8) is 0 Å². The quantitative estimate of drug-likeness (QED) is 0.786. The first-order valence-corrected chi connectivity index (χ1v) is 4.95. The van der Waals surface area contributed by atoms with Crippen LogP contribution in [0, 0.1) is 0 Å². The van der Waals surface area contributed by atoms with Gasteiger partial charge in [0.05, 0.1) is 0 Å². The predicted octanol–water partition coefficient (Wildman–Crippen LogP) is 3.05. The predicted molar refractivity (Wildman–Crippen MR) is 58.4 cm³/mol. The molecular formula is C11H16ClN. The first-order chi connectivity index (χ1) is 6.15. The van der Waals surface area contributed by atoms with Gasteiger partial charge in [0.25, 0.3) is 0 Å². The maximum Gasteiger partial charge on any atom is 0.0406 e. The Balaban J connectivity index is 2.77. The maximum atomic E-state index is 5.81. The molecule has 0 aliphatic heterocycles. The highest BCUT2D eigenvalue weighted by Crippen LogP contribution is 2.20. The first kappa shape index (κ1) is 10.6. The number of likely N-dealkylation sites (N-methyl/N-ethyl adjacent to an activating group) is 1. The van der Waals surface area contributed by atoms with Crippen molar-refractivity contribution in [3.05, 3.63) is 34.9 Å². The second-order valence-corrected chi connectivity index (χ2v) is 3.85. The summed E-state index contributed by atoms with van der Waals surface area (Å²) in [6.45, 7) is 4.39. The van der Waals surface area contributed by atoms with Gasteiger partial charge in [-0.3, -0.25) is 0 Å². The highest BCUT2D eigenvalue weighted by molar-refractivity contribution is 6.30. The lowest BCUT2D eigenvalue weighted by Gasteiger charge is -2.19. The van der Waals surface area contributed by atoms with Crippen LogP contribution in [0.4, 0.5) is 0 Å². The van der Waals surface area contributed by atoms with Crippen LogP contribution < -0.4 is 5.32 Å². The van der Waals surface area contributed by atoms with Gasteiger partial charge in [-0.1, -0.05) is 30.7 Å². The van der Waals surface area contributed by atoms with E-state index < -0.39 is 0 Å². The number of rotatable bonds is 3. The minimum atomic E-state index is 0.487. The SMILES string of the molecule is CN[C@H](C)[C@H](C)c1ccc(Cl)cc1. The Bertz CT molecular complexity index is 255. The van der Waals surface area contributed by atoms with Crippen molar-refractivity contribution in [1.29, 1.82) is 0 Å². The molecule has 0 bridgehead atoms. The Hall–Kier alpha value is -0.530. The highest BCUT2D eigenvalue weighted by Gasteiger charge is 2.11. The van der Waals surface area contributed by atoms with Crippen molar-refractivity contribution >= 4 is 11.6 Å². The number of benzene rings is 1. The van der Waals surface area contributed by atoms with E-state index in [9.17, 15) is 0 Å². The van der Waals surface area contributed by atoms with Gasteiger partial charge >= 0.3 is 0 Å².